The number of nitrogens with zero attached hydrogens (tertiary/aromatic N) is 2. The Morgan fingerprint density at radius 2 is 0.769 bits per heavy atom. The molecule has 0 aliphatic rings. The zero-order valence-corrected chi connectivity index (χ0v) is 8.34. The third-order valence-corrected chi connectivity index (χ3v) is 0. The summed E-state index contributed by atoms with van der Waals surface area (Å²) in [5.41, 5.74) is 0. The second-order valence-corrected chi connectivity index (χ2v) is 0.476. The molecule has 0 aliphatic carbocycles. The molecule has 2 radical (unpaired) electrons. The van der Waals surface area contributed by atoms with Gasteiger partial charge in [-0.05, 0) is 0 Å². The van der Waals surface area contributed by atoms with E-state index in [1.807, 2.05) is 0 Å². The summed E-state index contributed by atoms with van der Waals surface area (Å²) in [5, 5.41) is 27.3. The first-order valence-electron chi connectivity index (χ1n) is 1.13. The maximum atomic E-state index is 8.36. The average Bonchev–Trinajstić information content (AvgIpc) is 1.25. The van der Waals surface area contributed by atoms with Crippen LogP contribution in [0.15, 0.2) is 0 Å². The molecular weight excluding hydrogens is 228 g/mol. The van der Waals surface area contributed by atoms with Gasteiger partial charge in [-0.25, -0.2) is 0 Å². The third-order valence-electron chi connectivity index (χ3n) is 0. The molecule has 0 aliphatic heterocycles. The van der Waals surface area contributed by atoms with E-state index in [1.165, 1.54) is 0 Å². The first-order chi connectivity index (χ1) is 3.46. The van der Waals surface area contributed by atoms with E-state index in [-0.39, 0.29) is 59.6 Å². The Bertz CT molecular complexity index is 70.9. The molecular formula is H10CaN2O10. The molecule has 0 spiro atoms. The average molecular weight is 238 g/mol. The maximum Gasteiger partial charge on any atom is 0.291 e. The second-order valence-electron chi connectivity index (χ2n) is 0.476. The summed E-state index contributed by atoms with van der Waals surface area (Å²) < 4.78 is 0. The molecule has 0 rings (SSSR count). The summed E-state index contributed by atoms with van der Waals surface area (Å²) in [6.45, 7) is 0. The van der Waals surface area contributed by atoms with Gasteiger partial charge in [-0.15, -0.1) is 20.2 Å². The fraction of sp³-hybridized carbons (Fsp3) is 0. The fourth-order valence-corrected chi connectivity index (χ4v) is 0. The van der Waals surface area contributed by atoms with Crippen LogP contribution in [0.5, 0.6) is 0 Å². The quantitative estimate of drug-likeness (QED) is 0.239. The van der Waals surface area contributed by atoms with Crippen molar-refractivity contribution in [3.8, 4) is 0 Å². The van der Waals surface area contributed by atoms with Gasteiger partial charge in [0.2, 0.25) is 0 Å². The number of hydrogen-bond donors (Lipinski definition) is 2. The number of rotatable bonds is 0. The van der Waals surface area contributed by atoms with Crippen molar-refractivity contribution < 1.29 is 42.5 Å². The number of hydrogen-bond acceptors (Lipinski definition) is 4. The van der Waals surface area contributed by atoms with Crippen LogP contribution in [0.2, 0.25) is 0 Å². The van der Waals surface area contributed by atoms with Crippen LogP contribution in [0.4, 0.5) is 0 Å². The van der Waals surface area contributed by atoms with E-state index in [4.69, 9.17) is 30.6 Å². The molecule has 0 atom stereocenters. The molecule has 0 saturated carbocycles. The topological polar surface area (TPSA) is 253 Å². The first kappa shape index (κ1) is 54.7. The van der Waals surface area contributed by atoms with Crippen LogP contribution in [0, 0.1) is 20.2 Å². The molecule has 0 aromatic carbocycles. The maximum absolute atomic E-state index is 8.36. The third kappa shape index (κ3) is 4150. The molecule has 10 N–H and O–H groups in total. The smallest absolute Gasteiger partial charge is 0.291 e. The van der Waals surface area contributed by atoms with Crippen molar-refractivity contribution in [1.29, 1.82) is 0 Å². The predicted octanol–water partition coefficient (Wildman–Crippen LogP) is -4.37. The molecule has 13 heteroatoms. The van der Waals surface area contributed by atoms with E-state index in [9.17, 15) is 0 Å². The van der Waals surface area contributed by atoms with Gasteiger partial charge in [-0.3, -0.25) is 0 Å². The van der Waals surface area contributed by atoms with Crippen molar-refractivity contribution in [3.63, 3.8) is 0 Å². The minimum atomic E-state index is -1.50. The van der Waals surface area contributed by atoms with Gasteiger partial charge in [-0.2, -0.15) is 0 Å². The standard InChI is InChI=1S/Ca.2HNO3.4H2O/c;2*2-1(3)4;;;;/h;2*(H,2,3,4);4*1H2. The first-order valence-corrected chi connectivity index (χ1v) is 1.13. The Kier molecular flexibility index (Phi) is 176. The zero-order valence-electron chi connectivity index (χ0n) is 6.13. The second kappa shape index (κ2) is 41.9. The largest absolute Gasteiger partial charge is 0.412 e. The van der Waals surface area contributed by atoms with Gasteiger partial charge < -0.3 is 32.3 Å². The molecule has 0 fully saturated rings. The van der Waals surface area contributed by atoms with E-state index in [1.54, 1.807) is 0 Å². The summed E-state index contributed by atoms with van der Waals surface area (Å²) in [6.07, 6.45) is 0. The van der Waals surface area contributed by atoms with Crippen LogP contribution in [-0.4, -0.2) is 80.2 Å². The van der Waals surface area contributed by atoms with Gasteiger partial charge in [0.25, 0.3) is 10.2 Å². The van der Waals surface area contributed by atoms with Gasteiger partial charge in [0, 0.05) is 37.7 Å². The van der Waals surface area contributed by atoms with Crippen LogP contribution in [0.3, 0.4) is 0 Å². The molecule has 13 heavy (non-hydrogen) atoms. The van der Waals surface area contributed by atoms with E-state index in [2.05, 4.69) is 0 Å². The van der Waals surface area contributed by atoms with Gasteiger partial charge >= 0.3 is 0 Å². The van der Waals surface area contributed by atoms with E-state index < -0.39 is 10.2 Å². The van der Waals surface area contributed by atoms with Crippen molar-refractivity contribution in [2.45, 2.75) is 0 Å². The molecule has 0 heterocycles. The van der Waals surface area contributed by atoms with E-state index >= 15 is 0 Å². The Labute approximate surface area is 100 Å². The van der Waals surface area contributed by atoms with Crippen LogP contribution in [-0.2, 0) is 0 Å². The van der Waals surface area contributed by atoms with Crippen LogP contribution < -0.4 is 0 Å². The monoisotopic (exact) mass is 238 g/mol. The van der Waals surface area contributed by atoms with E-state index in [0.29, 0.717) is 0 Å². The van der Waals surface area contributed by atoms with Crippen molar-refractivity contribution in [1.82, 2.24) is 0 Å². The Morgan fingerprint density at radius 1 is 0.769 bits per heavy atom. The Balaban J connectivity index is -0.00000000800. The molecule has 12 nitrogen and oxygen atoms in total. The SMILES string of the molecule is O.O.O.O.O=[N+]([O-])O.O=[N+]([O-])O.[Ca]. The Morgan fingerprint density at radius 3 is 0.769 bits per heavy atom. The van der Waals surface area contributed by atoms with Gasteiger partial charge in [0.15, 0.2) is 0 Å². The summed E-state index contributed by atoms with van der Waals surface area (Å²) in [6, 6.07) is 0. The zero-order chi connectivity index (χ0) is 7.15. The molecule has 82 valence electrons. The van der Waals surface area contributed by atoms with Gasteiger partial charge in [0.1, 0.15) is 0 Å². The van der Waals surface area contributed by atoms with Crippen molar-refractivity contribution in [2.24, 2.45) is 0 Å². The normalized spacial score (nSPS) is 3.69. The molecule has 0 aromatic rings. The predicted molar refractivity (Wildman–Crippen MR) is 37.8 cm³/mol. The summed E-state index contributed by atoms with van der Waals surface area (Å²) in [7, 11) is 0. The molecule has 0 saturated heterocycles. The molecule has 0 bridgehead atoms. The summed E-state index contributed by atoms with van der Waals surface area (Å²) >= 11 is 0. The minimum absolute atomic E-state index is 0. The van der Waals surface area contributed by atoms with E-state index in [0.717, 1.165) is 0 Å². The van der Waals surface area contributed by atoms with Crippen LogP contribution in [0.1, 0.15) is 0 Å². The summed E-state index contributed by atoms with van der Waals surface area (Å²) in [5.74, 6) is 0. The molecule has 0 unspecified atom stereocenters. The fourth-order valence-electron chi connectivity index (χ4n) is 0. The molecule has 0 amide bonds. The van der Waals surface area contributed by atoms with Crippen molar-refractivity contribution in [2.75, 3.05) is 0 Å². The van der Waals surface area contributed by atoms with Crippen LogP contribution in [0.25, 0.3) is 0 Å². The van der Waals surface area contributed by atoms with Gasteiger partial charge in [0.05, 0.1) is 0 Å². The Hall–Kier alpha value is -0.500. The minimum Gasteiger partial charge on any atom is -0.412 e. The van der Waals surface area contributed by atoms with Crippen molar-refractivity contribution in [3.05, 3.63) is 20.2 Å². The van der Waals surface area contributed by atoms with Crippen LogP contribution >= 0.6 is 0 Å². The summed E-state index contributed by atoms with van der Waals surface area (Å²) in [4.78, 5) is 16.7. The molecule has 0 aromatic heterocycles. The van der Waals surface area contributed by atoms with Gasteiger partial charge in [-0.1, -0.05) is 0 Å². The van der Waals surface area contributed by atoms with Crippen molar-refractivity contribution >= 4 is 37.7 Å².